The summed E-state index contributed by atoms with van der Waals surface area (Å²) in [6.45, 7) is 16.0. The molecule has 0 radical (unpaired) electrons. The molecule has 1 aliphatic rings. The average Bonchev–Trinajstić information content (AvgIpc) is 2.94. The lowest BCUT2D eigenvalue weighted by Gasteiger charge is -2.21. The van der Waals surface area contributed by atoms with E-state index in [4.69, 9.17) is 0 Å². The molecular formula is C26H34Si. The van der Waals surface area contributed by atoms with Gasteiger partial charge in [0, 0.05) is 0 Å². The molecule has 0 spiro atoms. The Morgan fingerprint density at radius 1 is 0.778 bits per heavy atom. The summed E-state index contributed by atoms with van der Waals surface area (Å²) in [4.78, 5) is 0. The fourth-order valence-electron chi connectivity index (χ4n) is 4.72. The zero-order chi connectivity index (χ0) is 19.7. The van der Waals surface area contributed by atoms with Crippen LogP contribution in [0.15, 0.2) is 58.8 Å². The maximum atomic E-state index is 2.58. The lowest BCUT2D eigenvalue weighted by molar-refractivity contribution is 0.666. The first kappa shape index (κ1) is 19.9. The fraction of sp³-hybridized carbons (Fsp3) is 0.385. The van der Waals surface area contributed by atoms with Gasteiger partial charge in [-0.25, -0.2) is 0 Å². The molecule has 1 aliphatic carbocycles. The summed E-state index contributed by atoms with van der Waals surface area (Å²) >= 11 is 0. The summed E-state index contributed by atoms with van der Waals surface area (Å²) in [5, 5.41) is 4.83. The van der Waals surface area contributed by atoms with Crippen LogP contribution in [0.25, 0.3) is 0 Å². The second-order valence-electron chi connectivity index (χ2n) is 8.72. The van der Waals surface area contributed by atoms with Crippen molar-refractivity contribution in [2.75, 3.05) is 0 Å². The van der Waals surface area contributed by atoms with E-state index in [-0.39, 0.29) is 0 Å². The van der Waals surface area contributed by atoms with E-state index >= 15 is 0 Å². The summed E-state index contributed by atoms with van der Waals surface area (Å²) in [7, 11) is -1.42. The molecule has 2 aromatic carbocycles. The predicted octanol–water partition coefficient (Wildman–Crippen LogP) is 5.49. The minimum Gasteiger partial charge on any atom is -0.0700 e. The first-order valence-electron chi connectivity index (χ1n) is 10.3. The van der Waals surface area contributed by atoms with Crippen molar-refractivity contribution >= 4 is 19.2 Å². The lowest BCUT2D eigenvalue weighted by Crippen LogP contribution is -2.44. The van der Waals surface area contributed by atoms with E-state index in [1.54, 1.807) is 26.7 Å². The molecule has 0 fully saturated rings. The molecule has 142 valence electrons. The summed E-state index contributed by atoms with van der Waals surface area (Å²) in [5.74, 6) is 0.663. The monoisotopic (exact) mass is 374 g/mol. The molecule has 0 aromatic heterocycles. The van der Waals surface area contributed by atoms with Crippen molar-refractivity contribution in [2.45, 2.75) is 61.3 Å². The van der Waals surface area contributed by atoms with Crippen LogP contribution in [0.4, 0.5) is 0 Å². The van der Waals surface area contributed by atoms with Crippen molar-refractivity contribution < 1.29 is 0 Å². The van der Waals surface area contributed by atoms with Gasteiger partial charge in [0.25, 0.3) is 0 Å². The molecule has 0 heterocycles. The molecule has 2 aromatic rings. The van der Waals surface area contributed by atoms with Gasteiger partial charge in [-0.2, -0.15) is 0 Å². The standard InChI is InChI=1S/C26H34Si/c1-8-21(6)26-16-25(15-22(26)7)27(23-11-17(2)9-18(3)12-23)24-13-19(4)10-20(5)14-24/h9-14,16,21,27H,8,15H2,1-7H3. The van der Waals surface area contributed by atoms with E-state index in [9.17, 15) is 0 Å². The minimum absolute atomic E-state index is 0.663. The lowest BCUT2D eigenvalue weighted by atomic mass is 9.97. The molecule has 1 unspecified atom stereocenters. The Bertz CT molecular complexity index is 822. The summed E-state index contributed by atoms with van der Waals surface area (Å²) in [6.07, 6.45) is 4.96. The van der Waals surface area contributed by atoms with Gasteiger partial charge in [0.15, 0.2) is 0 Å². The Hall–Kier alpha value is -1.86. The second-order valence-corrected chi connectivity index (χ2v) is 11.7. The highest BCUT2D eigenvalue weighted by Gasteiger charge is 2.27. The number of benzene rings is 2. The van der Waals surface area contributed by atoms with Crippen LogP contribution in [-0.2, 0) is 0 Å². The van der Waals surface area contributed by atoms with Crippen LogP contribution in [0.3, 0.4) is 0 Å². The molecule has 1 atom stereocenters. The molecule has 0 bridgehead atoms. The van der Waals surface area contributed by atoms with Crippen molar-refractivity contribution in [1.29, 1.82) is 0 Å². The normalized spacial score (nSPS) is 15.5. The third-order valence-electron chi connectivity index (χ3n) is 5.97. The molecule has 3 rings (SSSR count). The van der Waals surface area contributed by atoms with Crippen LogP contribution >= 0.6 is 0 Å². The van der Waals surface area contributed by atoms with Crippen LogP contribution in [0.2, 0.25) is 0 Å². The van der Waals surface area contributed by atoms with Crippen molar-refractivity contribution in [3.05, 3.63) is 81.1 Å². The van der Waals surface area contributed by atoms with Crippen LogP contribution in [-0.4, -0.2) is 8.80 Å². The van der Waals surface area contributed by atoms with Crippen LogP contribution in [0, 0.1) is 33.6 Å². The predicted molar refractivity (Wildman–Crippen MR) is 123 cm³/mol. The van der Waals surface area contributed by atoms with Gasteiger partial charge in [0.1, 0.15) is 8.80 Å². The number of rotatable bonds is 5. The van der Waals surface area contributed by atoms with Crippen LogP contribution < -0.4 is 10.4 Å². The SMILES string of the molecule is CCC(C)C1=C(C)CC([SiH](c2cc(C)cc(C)c2)c2cc(C)cc(C)c2)=C1. The zero-order valence-electron chi connectivity index (χ0n) is 18.1. The first-order valence-corrected chi connectivity index (χ1v) is 12.1. The number of hydrogen-bond donors (Lipinski definition) is 0. The number of allylic oxidation sites excluding steroid dienone is 4. The van der Waals surface area contributed by atoms with E-state index in [0.29, 0.717) is 5.92 Å². The number of hydrogen-bond acceptors (Lipinski definition) is 0. The van der Waals surface area contributed by atoms with Crippen LogP contribution in [0.1, 0.15) is 55.9 Å². The maximum Gasteiger partial charge on any atom is 0.128 e. The average molecular weight is 375 g/mol. The number of aryl methyl sites for hydroxylation is 4. The molecular weight excluding hydrogens is 340 g/mol. The topological polar surface area (TPSA) is 0 Å². The molecule has 0 aliphatic heterocycles. The first-order chi connectivity index (χ1) is 12.8. The van der Waals surface area contributed by atoms with E-state index in [0.717, 1.165) is 6.42 Å². The molecule has 1 heteroatoms. The summed E-state index contributed by atoms with van der Waals surface area (Å²) in [5.41, 5.74) is 8.73. The summed E-state index contributed by atoms with van der Waals surface area (Å²) < 4.78 is 0. The van der Waals surface area contributed by atoms with Crippen LogP contribution in [0.5, 0.6) is 0 Å². The molecule has 0 amide bonds. The third kappa shape index (κ3) is 4.35. The van der Waals surface area contributed by atoms with Crippen molar-refractivity contribution in [3.63, 3.8) is 0 Å². The molecule has 0 nitrogen and oxygen atoms in total. The van der Waals surface area contributed by atoms with Gasteiger partial charge in [0.05, 0.1) is 0 Å². The Balaban J connectivity index is 2.14. The van der Waals surface area contributed by atoms with Gasteiger partial charge in [-0.15, -0.1) is 0 Å². The molecule has 0 saturated carbocycles. The summed E-state index contributed by atoms with van der Waals surface area (Å²) in [6, 6.07) is 14.4. The second kappa shape index (κ2) is 8.02. The van der Waals surface area contributed by atoms with Gasteiger partial charge in [0.2, 0.25) is 0 Å². The molecule has 0 saturated heterocycles. The highest BCUT2D eigenvalue weighted by Crippen LogP contribution is 2.32. The van der Waals surface area contributed by atoms with Gasteiger partial charge in [-0.3, -0.25) is 0 Å². The zero-order valence-corrected chi connectivity index (χ0v) is 19.3. The Morgan fingerprint density at radius 2 is 1.22 bits per heavy atom. The highest BCUT2D eigenvalue weighted by molar-refractivity contribution is 6.91. The van der Waals surface area contributed by atoms with E-state index in [2.05, 4.69) is 90.9 Å². The van der Waals surface area contributed by atoms with E-state index in [1.165, 1.54) is 28.7 Å². The van der Waals surface area contributed by atoms with Gasteiger partial charge >= 0.3 is 0 Å². The van der Waals surface area contributed by atoms with Gasteiger partial charge in [-0.05, 0) is 59.0 Å². The quantitative estimate of drug-likeness (QED) is 0.607. The van der Waals surface area contributed by atoms with Crippen molar-refractivity contribution in [3.8, 4) is 0 Å². The van der Waals surface area contributed by atoms with Crippen molar-refractivity contribution in [2.24, 2.45) is 5.92 Å². The highest BCUT2D eigenvalue weighted by atomic mass is 28.3. The van der Waals surface area contributed by atoms with E-state index in [1.807, 2.05) is 0 Å². The van der Waals surface area contributed by atoms with Gasteiger partial charge in [-0.1, -0.05) is 99.7 Å². The fourth-order valence-corrected chi connectivity index (χ4v) is 8.54. The Morgan fingerprint density at radius 3 is 1.63 bits per heavy atom. The van der Waals surface area contributed by atoms with Crippen molar-refractivity contribution in [1.82, 2.24) is 0 Å². The smallest absolute Gasteiger partial charge is 0.0700 e. The largest absolute Gasteiger partial charge is 0.128 e. The minimum atomic E-state index is -1.42. The third-order valence-corrected chi connectivity index (χ3v) is 9.08. The van der Waals surface area contributed by atoms with Gasteiger partial charge < -0.3 is 0 Å². The van der Waals surface area contributed by atoms with E-state index < -0.39 is 8.80 Å². The maximum absolute atomic E-state index is 2.58. The molecule has 0 N–H and O–H groups in total. The Labute approximate surface area is 167 Å². The molecule has 27 heavy (non-hydrogen) atoms. The Kier molecular flexibility index (Phi) is 5.91.